The molecule has 0 aliphatic rings. The van der Waals surface area contributed by atoms with Gasteiger partial charge >= 0.3 is 0 Å². The second kappa shape index (κ2) is 4.48. The van der Waals surface area contributed by atoms with Gasteiger partial charge in [-0.05, 0) is 12.1 Å². The Kier molecular flexibility index (Phi) is 3.56. The van der Waals surface area contributed by atoms with Crippen molar-refractivity contribution in [3.8, 4) is 0 Å². The van der Waals surface area contributed by atoms with Crippen molar-refractivity contribution in [2.24, 2.45) is 5.73 Å². The van der Waals surface area contributed by atoms with Crippen molar-refractivity contribution in [3.63, 3.8) is 0 Å². The lowest BCUT2D eigenvalue weighted by Crippen LogP contribution is -2.00. The fourth-order valence-electron chi connectivity index (χ4n) is 0.878. The smallest absolute Gasteiger partial charge is 0.0966 e. The third kappa shape index (κ3) is 2.83. The van der Waals surface area contributed by atoms with Crippen molar-refractivity contribution in [2.75, 3.05) is 0 Å². The Labute approximate surface area is 77.6 Å². The highest BCUT2D eigenvalue weighted by Crippen LogP contribution is 2.20. The number of rotatable bonds is 3. The van der Waals surface area contributed by atoms with Gasteiger partial charge in [-0.15, -0.1) is 11.8 Å². The Morgan fingerprint density at radius 2 is 2.25 bits per heavy atom. The van der Waals surface area contributed by atoms with Gasteiger partial charge in [-0.3, -0.25) is 0 Å². The van der Waals surface area contributed by atoms with Crippen molar-refractivity contribution >= 4 is 11.8 Å². The Balaban J connectivity index is 2.72. The normalized spacial score (nSPS) is 10.7. The van der Waals surface area contributed by atoms with E-state index in [4.69, 9.17) is 5.73 Å². The van der Waals surface area contributed by atoms with Gasteiger partial charge in [-0.2, -0.15) is 0 Å². The first-order valence-corrected chi connectivity index (χ1v) is 4.93. The molecule has 0 aliphatic heterocycles. The first-order valence-electron chi connectivity index (χ1n) is 4.05. The number of aromatic nitrogens is 1. The van der Waals surface area contributed by atoms with Crippen LogP contribution in [0.15, 0.2) is 23.2 Å². The molecule has 3 heteroatoms. The first-order chi connectivity index (χ1) is 5.72. The molecule has 12 heavy (non-hydrogen) atoms. The fourth-order valence-corrected chi connectivity index (χ4v) is 1.69. The predicted octanol–water partition coefficient (Wildman–Crippen LogP) is 2.04. The molecule has 0 bridgehead atoms. The molecule has 1 aromatic rings. The van der Waals surface area contributed by atoms with Gasteiger partial charge in [-0.25, -0.2) is 4.98 Å². The number of hydrogen-bond donors (Lipinski definition) is 1. The SMILES string of the molecule is CC(C)Sc1cccc(CN)n1. The van der Waals surface area contributed by atoms with Crippen LogP contribution in [0.2, 0.25) is 0 Å². The summed E-state index contributed by atoms with van der Waals surface area (Å²) < 4.78 is 0. The van der Waals surface area contributed by atoms with E-state index in [2.05, 4.69) is 18.8 Å². The molecular weight excluding hydrogens is 168 g/mol. The summed E-state index contributed by atoms with van der Waals surface area (Å²) in [6.07, 6.45) is 0. The molecule has 1 heterocycles. The number of pyridine rings is 1. The molecule has 0 unspecified atom stereocenters. The summed E-state index contributed by atoms with van der Waals surface area (Å²) in [6.45, 7) is 4.83. The minimum Gasteiger partial charge on any atom is -0.325 e. The monoisotopic (exact) mass is 182 g/mol. The zero-order chi connectivity index (χ0) is 8.97. The van der Waals surface area contributed by atoms with E-state index in [0.29, 0.717) is 11.8 Å². The third-order valence-electron chi connectivity index (χ3n) is 1.35. The number of nitrogens with zero attached hydrogens (tertiary/aromatic N) is 1. The molecule has 0 saturated carbocycles. The highest BCUT2D eigenvalue weighted by molar-refractivity contribution is 7.99. The summed E-state index contributed by atoms with van der Waals surface area (Å²) in [5, 5.41) is 1.64. The summed E-state index contributed by atoms with van der Waals surface area (Å²) in [7, 11) is 0. The minimum absolute atomic E-state index is 0.520. The van der Waals surface area contributed by atoms with Crippen molar-refractivity contribution < 1.29 is 0 Å². The van der Waals surface area contributed by atoms with E-state index < -0.39 is 0 Å². The second-order valence-electron chi connectivity index (χ2n) is 2.84. The second-order valence-corrected chi connectivity index (χ2v) is 4.43. The van der Waals surface area contributed by atoms with Crippen LogP contribution in [0.25, 0.3) is 0 Å². The van der Waals surface area contributed by atoms with Crippen LogP contribution in [0.5, 0.6) is 0 Å². The van der Waals surface area contributed by atoms with Gasteiger partial charge in [0.25, 0.3) is 0 Å². The van der Waals surface area contributed by atoms with Crippen LogP contribution in [-0.2, 0) is 6.54 Å². The molecule has 2 nitrogen and oxygen atoms in total. The van der Waals surface area contributed by atoms with Gasteiger partial charge in [-0.1, -0.05) is 19.9 Å². The third-order valence-corrected chi connectivity index (χ3v) is 2.29. The predicted molar refractivity (Wildman–Crippen MR) is 53.1 cm³/mol. The van der Waals surface area contributed by atoms with Gasteiger partial charge in [0.2, 0.25) is 0 Å². The molecule has 0 fully saturated rings. The zero-order valence-corrected chi connectivity index (χ0v) is 8.27. The Morgan fingerprint density at radius 1 is 1.50 bits per heavy atom. The van der Waals surface area contributed by atoms with Gasteiger partial charge in [0.15, 0.2) is 0 Å². The molecule has 1 rings (SSSR count). The van der Waals surface area contributed by atoms with E-state index in [1.165, 1.54) is 0 Å². The Hall–Kier alpha value is -0.540. The van der Waals surface area contributed by atoms with E-state index >= 15 is 0 Å². The van der Waals surface area contributed by atoms with Crippen LogP contribution < -0.4 is 5.73 Å². The number of hydrogen-bond acceptors (Lipinski definition) is 3. The van der Waals surface area contributed by atoms with Crippen molar-refractivity contribution in [2.45, 2.75) is 30.7 Å². The lowest BCUT2D eigenvalue weighted by molar-refractivity contribution is 0.937. The summed E-state index contributed by atoms with van der Waals surface area (Å²) in [4.78, 5) is 4.37. The largest absolute Gasteiger partial charge is 0.325 e. The van der Waals surface area contributed by atoms with Crippen molar-refractivity contribution in [3.05, 3.63) is 23.9 Å². The highest BCUT2D eigenvalue weighted by atomic mass is 32.2. The van der Waals surface area contributed by atoms with E-state index in [1.807, 2.05) is 18.2 Å². The Bertz CT molecular complexity index is 248. The topological polar surface area (TPSA) is 38.9 Å². The van der Waals surface area contributed by atoms with Gasteiger partial charge in [0.05, 0.1) is 10.7 Å². The lowest BCUT2D eigenvalue weighted by atomic mass is 10.4. The van der Waals surface area contributed by atoms with E-state index in [1.54, 1.807) is 11.8 Å². The van der Waals surface area contributed by atoms with Crippen molar-refractivity contribution in [1.29, 1.82) is 0 Å². The van der Waals surface area contributed by atoms with Crippen LogP contribution >= 0.6 is 11.8 Å². The standard InChI is InChI=1S/C9H14N2S/c1-7(2)12-9-5-3-4-8(6-10)11-9/h3-5,7H,6,10H2,1-2H3. The van der Waals surface area contributed by atoms with E-state index in [0.717, 1.165) is 10.7 Å². The van der Waals surface area contributed by atoms with Crippen molar-refractivity contribution in [1.82, 2.24) is 4.98 Å². The molecule has 0 spiro atoms. The van der Waals surface area contributed by atoms with Crippen LogP contribution in [-0.4, -0.2) is 10.2 Å². The van der Waals surface area contributed by atoms with Gasteiger partial charge < -0.3 is 5.73 Å². The average molecular weight is 182 g/mol. The molecule has 0 saturated heterocycles. The van der Waals surface area contributed by atoms with Crippen LogP contribution in [0.4, 0.5) is 0 Å². The number of nitrogens with two attached hydrogens (primary N) is 1. The number of thioether (sulfide) groups is 1. The molecule has 0 radical (unpaired) electrons. The van der Waals surface area contributed by atoms with Crippen LogP contribution in [0.1, 0.15) is 19.5 Å². The molecule has 1 aromatic heterocycles. The molecule has 0 aromatic carbocycles. The maximum Gasteiger partial charge on any atom is 0.0966 e. The molecule has 0 amide bonds. The first kappa shape index (κ1) is 9.55. The maximum atomic E-state index is 5.48. The Morgan fingerprint density at radius 3 is 2.83 bits per heavy atom. The summed E-state index contributed by atoms with van der Waals surface area (Å²) >= 11 is 1.76. The zero-order valence-electron chi connectivity index (χ0n) is 7.45. The lowest BCUT2D eigenvalue weighted by Gasteiger charge is -2.04. The summed E-state index contributed by atoms with van der Waals surface area (Å²) in [6, 6.07) is 5.97. The molecule has 66 valence electrons. The summed E-state index contributed by atoms with van der Waals surface area (Å²) in [5.74, 6) is 0. The van der Waals surface area contributed by atoms with Gasteiger partial charge in [0, 0.05) is 11.8 Å². The van der Waals surface area contributed by atoms with E-state index in [9.17, 15) is 0 Å². The van der Waals surface area contributed by atoms with E-state index in [-0.39, 0.29) is 0 Å². The molecular formula is C9H14N2S. The summed E-state index contributed by atoms with van der Waals surface area (Å²) in [5.41, 5.74) is 6.44. The van der Waals surface area contributed by atoms with Crippen LogP contribution in [0, 0.1) is 0 Å². The minimum atomic E-state index is 0.520. The highest BCUT2D eigenvalue weighted by Gasteiger charge is 1.99. The average Bonchev–Trinajstić information content (AvgIpc) is 2.03. The molecule has 0 atom stereocenters. The molecule has 0 aliphatic carbocycles. The van der Waals surface area contributed by atoms with Crippen LogP contribution in [0.3, 0.4) is 0 Å². The van der Waals surface area contributed by atoms with Gasteiger partial charge in [0.1, 0.15) is 0 Å². The maximum absolute atomic E-state index is 5.48. The molecule has 2 N–H and O–H groups in total. The quantitative estimate of drug-likeness (QED) is 0.727. The fraction of sp³-hybridized carbons (Fsp3) is 0.444.